The summed E-state index contributed by atoms with van der Waals surface area (Å²) >= 11 is 0. The van der Waals surface area contributed by atoms with Crippen molar-refractivity contribution in [3.05, 3.63) is 0 Å². The van der Waals surface area contributed by atoms with Gasteiger partial charge in [0.05, 0.1) is 5.92 Å². The summed E-state index contributed by atoms with van der Waals surface area (Å²) in [7, 11) is 0. The van der Waals surface area contributed by atoms with Gasteiger partial charge in [-0.2, -0.15) is 0 Å². The highest BCUT2D eigenvalue weighted by atomic mass is 16.4. The molecule has 1 saturated heterocycles. The minimum atomic E-state index is -0.863. The highest BCUT2D eigenvalue weighted by Gasteiger charge is 2.33. The van der Waals surface area contributed by atoms with E-state index in [9.17, 15) is 14.4 Å². The Morgan fingerprint density at radius 2 is 1.95 bits per heavy atom. The van der Waals surface area contributed by atoms with Crippen LogP contribution >= 0.6 is 0 Å². The largest absolute Gasteiger partial charge is 0.481 e. The fourth-order valence-electron chi connectivity index (χ4n) is 2.31. The zero-order valence-corrected chi connectivity index (χ0v) is 11.7. The molecule has 6 nitrogen and oxygen atoms in total. The molecule has 2 amide bonds. The summed E-state index contributed by atoms with van der Waals surface area (Å²) in [6.45, 7) is 5.88. The Hall–Kier alpha value is -1.59. The van der Waals surface area contributed by atoms with E-state index in [4.69, 9.17) is 5.11 Å². The van der Waals surface area contributed by atoms with Crippen molar-refractivity contribution in [3.8, 4) is 0 Å². The fourth-order valence-corrected chi connectivity index (χ4v) is 2.31. The van der Waals surface area contributed by atoms with Crippen molar-refractivity contribution in [1.29, 1.82) is 0 Å². The number of carboxylic acid groups (broad SMARTS) is 1. The van der Waals surface area contributed by atoms with Crippen LogP contribution in [-0.2, 0) is 14.4 Å². The number of carbonyl (C=O) groups excluding carboxylic acids is 2. The summed E-state index contributed by atoms with van der Waals surface area (Å²) in [6.07, 6.45) is 1.29. The van der Waals surface area contributed by atoms with Gasteiger partial charge < -0.3 is 15.3 Å². The van der Waals surface area contributed by atoms with Gasteiger partial charge in [-0.15, -0.1) is 0 Å². The summed E-state index contributed by atoms with van der Waals surface area (Å²) in [5, 5.41) is 11.7. The molecule has 108 valence electrons. The highest BCUT2D eigenvalue weighted by Crippen LogP contribution is 2.18. The molecule has 0 aliphatic carbocycles. The van der Waals surface area contributed by atoms with Crippen molar-refractivity contribution in [2.45, 2.75) is 39.7 Å². The van der Waals surface area contributed by atoms with E-state index >= 15 is 0 Å². The molecular formula is C13H22N2O4. The molecule has 0 aromatic carbocycles. The molecule has 1 rings (SSSR count). The first kappa shape index (κ1) is 15.5. The number of piperidine rings is 1. The molecule has 1 fully saturated rings. The number of hydrogen-bond donors (Lipinski definition) is 2. The molecular weight excluding hydrogens is 248 g/mol. The third-order valence-corrected chi connectivity index (χ3v) is 3.37. The molecule has 0 saturated carbocycles. The van der Waals surface area contributed by atoms with Crippen molar-refractivity contribution < 1.29 is 19.5 Å². The lowest BCUT2D eigenvalue weighted by molar-refractivity contribution is -0.147. The average molecular weight is 270 g/mol. The first-order valence-electron chi connectivity index (χ1n) is 6.61. The number of hydrogen-bond acceptors (Lipinski definition) is 3. The number of carbonyl (C=O) groups is 3. The van der Waals surface area contributed by atoms with E-state index in [0.717, 1.165) is 0 Å². The van der Waals surface area contributed by atoms with Gasteiger partial charge in [-0.25, -0.2) is 0 Å². The molecule has 1 unspecified atom stereocenters. The molecule has 1 aliphatic rings. The maximum atomic E-state index is 12.4. The van der Waals surface area contributed by atoms with E-state index in [1.807, 2.05) is 13.8 Å². The lowest BCUT2D eigenvalue weighted by atomic mass is 9.96. The highest BCUT2D eigenvalue weighted by molar-refractivity contribution is 5.87. The number of nitrogens with one attached hydrogen (secondary N) is 1. The molecule has 0 spiro atoms. The van der Waals surface area contributed by atoms with Crippen LogP contribution in [0.15, 0.2) is 0 Å². The number of aliphatic carboxylic acids is 1. The summed E-state index contributed by atoms with van der Waals surface area (Å²) in [4.78, 5) is 36.1. The Balaban J connectivity index is 2.73. The van der Waals surface area contributed by atoms with Crippen LogP contribution in [0.2, 0.25) is 0 Å². The van der Waals surface area contributed by atoms with Crippen molar-refractivity contribution in [1.82, 2.24) is 10.2 Å². The molecule has 19 heavy (non-hydrogen) atoms. The van der Waals surface area contributed by atoms with E-state index < -0.39 is 17.9 Å². The first-order chi connectivity index (χ1) is 8.82. The normalized spacial score (nSPS) is 21.1. The molecule has 2 N–H and O–H groups in total. The van der Waals surface area contributed by atoms with E-state index in [0.29, 0.717) is 19.4 Å². The predicted molar refractivity (Wildman–Crippen MR) is 69.4 cm³/mol. The molecule has 0 aromatic rings. The van der Waals surface area contributed by atoms with Gasteiger partial charge in [-0.1, -0.05) is 13.8 Å². The summed E-state index contributed by atoms with van der Waals surface area (Å²) < 4.78 is 0. The van der Waals surface area contributed by atoms with Gasteiger partial charge in [0.2, 0.25) is 11.8 Å². The zero-order valence-electron chi connectivity index (χ0n) is 11.7. The van der Waals surface area contributed by atoms with Gasteiger partial charge in [0.15, 0.2) is 0 Å². The lowest BCUT2D eigenvalue weighted by Crippen LogP contribution is -2.53. The summed E-state index contributed by atoms with van der Waals surface area (Å²) in [5.41, 5.74) is 0. The van der Waals surface area contributed by atoms with E-state index in [-0.39, 0.29) is 24.3 Å². The van der Waals surface area contributed by atoms with Gasteiger partial charge >= 0.3 is 5.97 Å². The molecule has 6 heteroatoms. The van der Waals surface area contributed by atoms with Crippen LogP contribution in [0.3, 0.4) is 0 Å². The van der Waals surface area contributed by atoms with Gasteiger partial charge in [-0.05, 0) is 18.8 Å². The quantitative estimate of drug-likeness (QED) is 0.777. The van der Waals surface area contributed by atoms with Crippen LogP contribution in [0.25, 0.3) is 0 Å². The number of likely N-dealkylation sites (tertiary alicyclic amines) is 1. The minimum Gasteiger partial charge on any atom is -0.481 e. The van der Waals surface area contributed by atoms with Gasteiger partial charge in [0.1, 0.15) is 6.04 Å². The maximum absolute atomic E-state index is 12.4. The Bertz CT molecular complexity index is 368. The van der Waals surface area contributed by atoms with Crippen molar-refractivity contribution in [2.75, 3.05) is 13.1 Å². The third kappa shape index (κ3) is 4.22. The Labute approximate surface area is 113 Å². The lowest BCUT2D eigenvalue weighted by Gasteiger charge is -2.34. The smallest absolute Gasteiger partial charge is 0.308 e. The third-order valence-electron chi connectivity index (χ3n) is 3.37. The van der Waals surface area contributed by atoms with Crippen LogP contribution in [-0.4, -0.2) is 46.9 Å². The fraction of sp³-hybridized carbons (Fsp3) is 0.769. The van der Waals surface area contributed by atoms with Crippen LogP contribution < -0.4 is 5.32 Å². The van der Waals surface area contributed by atoms with Crippen LogP contribution in [0, 0.1) is 11.8 Å². The number of carboxylic acids is 1. The van der Waals surface area contributed by atoms with Crippen LogP contribution in [0.5, 0.6) is 0 Å². The second-order valence-corrected chi connectivity index (χ2v) is 5.38. The summed E-state index contributed by atoms with van der Waals surface area (Å²) in [6, 6.07) is -0.579. The van der Waals surface area contributed by atoms with E-state index in [1.54, 1.807) is 4.90 Å². The Kier molecular flexibility index (Phi) is 5.32. The van der Waals surface area contributed by atoms with E-state index in [1.165, 1.54) is 6.92 Å². The average Bonchev–Trinajstić information content (AvgIpc) is 2.34. The van der Waals surface area contributed by atoms with Crippen LogP contribution in [0.1, 0.15) is 33.6 Å². The number of rotatable bonds is 4. The molecule has 0 radical (unpaired) electrons. The van der Waals surface area contributed by atoms with E-state index in [2.05, 4.69) is 5.32 Å². The molecule has 0 aromatic heterocycles. The van der Waals surface area contributed by atoms with Gasteiger partial charge in [0, 0.05) is 20.0 Å². The monoisotopic (exact) mass is 270 g/mol. The second-order valence-electron chi connectivity index (χ2n) is 5.38. The van der Waals surface area contributed by atoms with Gasteiger partial charge in [-0.3, -0.25) is 14.4 Å². The van der Waals surface area contributed by atoms with Crippen molar-refractivity contribution >= 4 is 17.8 Å². The predicted octanol–water partition coefficient (Wildman–Crippen LogP) is 0.470. The van der Waals surface area contributed by atoms with Crippen molar-refractivity contribution in [2.24, 2.45) is 11.8 Å². The molecule has 2 atom stereocenters. The zero-order chi connectivity index (χ0) is 14.6. The second kappa shape index (κ2) is 6.54. The van der Waals surface area contributed by atoms with Crippen LogP contribution in [0.4, 0.5) is 0 Å². The number of nitrogens with zero attached hydrogens (tertiary/aromatic N) is 1. The molecule has 1 heterocycles. The topological polar surface area (TPSA) is 86.7 Å². The van der Waals surface area contributed by atoms with Gasteiger partial charge in [0.25, 0.3) is 0 Å². The Morgan fingerprint density at radius 1 is 1.32 bits per heavy atom. The number of amides is 2. The first-order valence-corrected chi connectivity index (χ1v) is 6.61. The minimum absolute atomic E-state index is 0.0263. The standard InChI is InChI=1S/C13H22N2O4/c1-8(2)11(14-9(3)16)12(17)15-6-4-5-10(7-15)13(18)19/h8,10-11H,4-7H2,1-3H3,(H,14,16)(H,18,19)/t10-,11?/m1/s1. The Morgan fingerprint density at radius 3 is 2.42 bits per heavy atom. The molecule has 1 aliphatic heterocycles. The molecule has 0 bridgehead atoms. The van der Waals surface area contributed by atoms with Crippen molar-refractivity contribution in [3.63, 3.8) is 0 Å². The SMILES string of the molecule is CC(=O)NC(C(=O)N1CCC[C@@H](C(=O)O)C1)C(C)C. The maximum Gasteiger partial charge on any atom is 0.308 e. The summed E-state index contributed by atoms with van der Waals surface area (Å²) in [5.74, 6) is -1.82.